The van der Waals surface area contributed by atoms with Crippen LogP contribution in [0.15, 0.2) is 24.3 Å². The van der Waals surface area contributed by atoms with Gasteiger partial charge in [0.2, 0.25) is 23.6 Å². The molecule has 0 radical (unpaired) electrons. The Bertz CT molecular complexity index is 604. The predicted octanol–water partition coefficient (Wildman–Crippen LogP) is -0.637. The molecule has 1 aromatic carbocycles. The molecule has 0 aliphatic rings. The summed E-state index contributed by atoms with van der Waals surface area (Å²) in [5, 5.41) is 5.24. The SMILES string of the molecule is CC(=O)N[C@@H](CC(=O)NC(C(N)=O)C(N)=O)c1ccc(Cl)cc1. The van der Waals surface area contributed by atoms with Crippen molar-refractivity contribution in [1.29, 1.82) is 0 Å². The van der Waals surface area contributed by atoms with Crippen LogP contribution in [0.3, 0.4) is 0 Å². The van der Waals surface area contributed by atoms with E-state index in [0.717, 1.165) is 0 Å². The molecule has 0 aliphatic carbocycles. The minimum absolute atomic E-state index is 0.210. The Morgan fingerprint density at radius 3 is 2.00 bits per heavy atom. The van der Waals surface area contributed by atoms with E-state index in [9.17, 15) is 19.2 Å². The van der Waals surface area contributed by atoms with E-state index in [0.29, 0.717) is 10.6 Å². The molecular weight excluding hydrogens is 324 g/mol. The molecule has 23 heavy (non-hydrogen) atoms. The Balaban J connectivity index is 2.86. The number of hydrogen-bond donors (Lipinski definition) is 4. The highest BCUT2D eigenvalue weighted by molar-refractivity contribution is 6.30. The van der Waals surface area contributed by atoms with Crippen LogP contribution in [-0.4, -0.2) is 29.7 Å². The summed E-state index contributed by atoms with van der Waals surface area (Å²) in [6, 6.07) is 4.25. The molecule has 0 heterocycles. The van der Waals surface area contributed by atoms with Crippen LogP contribution in [-0.2, 0) is 19.2 Å². The first-order chi connectivity index (χ1) is 10.7. The normalized spacial score (nSPS) is 11.6. The summed E-state index contributed by atoms with van der Waals surface area (Å²) in [6.07, 6.45) is -0.210. The number of halogens is 1. The molecule has 0 aromatic heterocycles. The Kier molecular flexibility index (Phi) is 6.52. The molecule has 0 aliphatic heterocycles. The molecule has 6 N–H and O–H groups in total. The third-order valence-corrected chi connectivity index (χ3v) is 3.17. The van der Waals surface area contributed by atoms with Crippen LogP contribution >= 0.6 is 11.6 Å². The smallest absolute Gasteiger partial charge is 0.249 e. The van der Waals surface area contributed by atoms with Crippen molar-refractivity contribution >= 4 is 35.2 Å². The minimum atomic E-state index is -1.61. The van der Waals surface area contributed by atoms with E-state index in [2.05, 4.69) is 10.6 Å². The molecular formula is C14H17ClN4O4. The van der Waals surface area contributed by atoms with Gasteiger partial charge >= 0.3 is 0 Å². The lowest BCUT2D eigenvalue weighted by atomic mass is 10.0. The molecule has 124 valence electrons. The molecule has 1 aromatic rings. The zero-order valence-corrected chi connectivity index (χ0v) is 13.1. The first-order valence-electron chi connectivity index (χ1n) is 6.61. The van der Waals surface area contributed by atoms with Gasteiger partial charge in [-0.1, -0.05) is 23.7 Å². The maximum atomic E-state index is 12.0. The second-order valence-electron chi connectivity index (χ2n) is 4.81. The largest absolute Gasteiger partial charge is 0.367 e. The lowest BCUT2D eigenvalue weighted by Crippen LogP contribution is -2.52. The van der Waals surface area contributed by atoms with Gasteiger partial charge < -0.3 is 22.1 Å². The number of carbonyl (C=O) groups is 4. The fraction of sp³-hybridized carbons (Fsp3) is 0.286. The molecule has 0 unspecified atom stereocenters. The van der Waals surface area contributed by atoms with Crippen LogP contribution in [0.1, 0.15) is 24.9 Å². The average Bonchev–Trinajstić information content (AvgIpc) is 2.43. The third-order valence-electron chi connectivity index (χ3n) is 2.91. The molecule has 0 bridgehead atoms. The quantitative estimate of drug-likeness (QED) is 0.489. The van der Waals surface area contributed by atoms with Crippen LogP contribution in [0.4, 0.5) is 0 Å². The van der Waals surface area contributed by atoms with Crippen molar-refractivity contribution in [3.63, 3.8) is 0 Å². The van der Waals surface area contributed by atoms with E-state index in [1.807, 2.05) is 0 Å². The summed E-state index contributed by atoms with van der Waals surface area (Å²) in [6.45, 7) is 1.30. The second-order valence-corrected chi connectivity index (χ2v) is 5.25. The molecule has 9 heteroatoms. The van der Waals surface area contributed by atoms with Crippen molar-refractivity contribution in [2.45, 2.75) is 25.4 Å². The van der Waals surface area contributed by atoms with Crippen molar-refractivity contribution < 1.29 is 19.2 Å². The number of benzene rings is 1. The Labute approximate surface area is 137 Å². The highest BCUT2D eigenvalue weighted by atomic mass is 35.5. The summed E-state index contributed by atoms with van der Waals surface area (Å²) in [7, 11) is 0. The summed E-state index contributed by atoms with van der Waals surface area (Å²) < 4.78 is 0. The standard InChI is InChI=1S/C14H17ClN4O4/c1-7(20)18-10(8-2-4-9(15)5-3-8)6-11(21)19-12(13(16)22)14(17)23/h2-5,10,12H,6H2,1H3,(H2,16,22)(H2,17,23)(H,18,20)(H,19,21)/t10-/m0/s1. The number of rotatable bonds is 7. The van der Waals surface area contributed by atoms with Crippen LogP contribution in [0.5, 0.6) is 0 Å². The summed E-state index contributed by atoms with van der Waals surface area (Å²) in [5.41, 5.74) is 10.6. The summed E-state index contributed by atoms with van der Waals surface area (Å²) >= 11 is 5.80. The number of nitrogens with one attached hydrogen (secondary N) is 2. The predicted molar refractivity (Wildman–Crippen MR) is 82.9 cm³/mol. The van der Waals surface area contributed by atoms with E-state index >= 15 is 0 Å². The van der Waals surface area contributed by atoms with Crippen LogP contribution < -0.4 is 22.1 Å². The minimum Gasteiger partial charge on any atom is -0.367 e. The first kappa shape index (κ1) is 18.4. The molecule has 1 rings (SSSR count). The monoisotopic (exact) mass is 340 g/mol. The van der Waals surface area contributed by atoms with Gasteiger partial charge in [-0.3, -0.25) is 19.2 Å². The van der Waals surface area contributed by atoms with Crippen LogP contribution in [0.25, 0.3) is 0 Å². The maximum absolute atomic E-state index is 12.0. The highest BCUT2D eigenvalue weighted by Crippen LogP contribution is 2.19. The average molecular weight is 341 g/mol. The third kappa shape index (κ3) is 5.95. The molecule has 0 saturated carbocycles. The Morgan fingerprint density at radius 2 is 1.57 bits per heavy atom. The number of hydrogen-bond acceptors (Lipinski definition) is 4. The Morgan fingerprint density at radius 1 is 1.04 bits per heavy atom. The van der Waals surface area contributed by atoms with Gasteiger partial charge in [0.25, 0.3) is 0 Å². The lowest BCUT2D eigenvalue weighted by Gasteiger charge is -2.19. The van der Waals surface area contributed by atoms with E-state index in [1.54, 1.807) is 24.3 Å². The fourth-order valence-electron chi connectivity index (χ4n) is 1.88. The van der Waals surface area contributed by atoms with E-state index in [4.69, 9.17) is 23.1 Å². The van der Waals surface area contributed by atoms with Gasteiger partial charge in [-0.2, -0.15) is 0 Å². The Hall–Kier alpha value is -2.61. The van der Waals surface area contributed by atoms with Gasteiger partial charge in [-0.25, -0.2) is 0 Å². The molecule has 8 nitrogen and oxygen atoms in total. The zero-order valence-electron chi connectivity index (χ0n) is 12.3. The van der Waals surface area contributed by atoms with E-state index < -0.39 is 29.8 Å². The van der Waals surface area contributed by atoms with Gasteiger partial charge in [0.1, 0.15) is 0 Å². The van der Waals surface area contributed by atoms with E-state index in [-0.39, 0.29) is 12.3 Å². The highest BCUT2D eigenvalue weighted by Gasteiger charge is 2.25. The molecule has 0 spiro atoms. The second kappa shape index (κ2) is 8.14. The fourth-order valence-corrected chi connectivity index (χ4v) is 2.01. The van der Waals surface area contributed by atoms with Crippen LogP contribution in [0.2, 0.25) is 5.02 Å². The number of amides is 4. The molecule has 4 amide bonds. The van der Waals surface area contributed by atoms with Gasteiger partial charge in [0.15, 0.2) is 6.04 Å². The van der Waals surface area contributed by atoms with E-state index in [1.165, 1.54) is 6.92 Å². The topological polar surface area (TPSA) is 144 Å². The van der Waals surface area contributed by atoms with Crippen molar-refractivity contribution in [2.75, 3.05) is 0 Å². The number of nitrogens with two attached hydrogens (primary N) is 2. The van der Waals surface area contributed by atoms with Crippen LogP contribution in [0, 0.1) is 0 Å². The number of carbonyl (C=O) groups excluding carboxylic acids is 4. The zero-order chi connectivity index (χ0) is 17.6. The molecule has 1 atom stereocenters. The van der Waals surface area contributed by atoms with Gasteiger partial charge in [0, 0.05) is 11.9 Å². The summed E-state index contributed by atoms with van der Waals surface area (Å²) in [4.78, 5) is 45.4. The van der Waals surface area contributed by atoms with Crippen molar-refractivity contribution in [1.82, 2.24) is 10.6 Å². The van der Waals surface area contributed by atoms with Crippen molar-refractivity contribution in [3.05, 3.63) is 34.9 Å². The van der Waals surface area contributed by atoms with Crippen molar-refractivity contribution in [2.24, 2.45) is 11.5 Å². The number of primary amides is 2. The molecule has 0 fully saturated rings. The summed E-state index contributed by atoms with van der Waals surface area (Å²) in [5.74, 6) is -3.14. The maximum Gasteiger partial charge on any atom is 0.249 e. The van der Waals surface area contributed by atoms with Gasteiger partial charge in [-0.15, -0.1) is 0 Å². The molecule has 0 saturated heterocycles. The van der Waals surface area contributed by atoms with Gasteiger partial charge in [-0.05, 0) is 17.7 Å². The lowest BCUT2D eigenvalue weighted by molar-refractivity contribution is -0.134. The van der Waals surface area contributed by atoms with Gasteiger partial charge in [0.05, 0.1) is 12.5 Å². The first-order valence-corrected chi connectivity index (χ1v) is 6.99. The van der Waals surface area contributed by atoms with Crippen molar-refractivity contribution in [3.8, 4) is 0 Å².